The summed E-state index contributed by atoms with van der Waals surface area (Å²) in [5, 5.41) is 6.93. The van der Waals surface area contributed by atoms with Gasteiger partial charge in [0, 0.05) is 5.54 Å². The molecule has 0 aromatic heterocycles. The molecule has 0 aromatic carbocycles. The molecule has 1 unspecified atom stereocenters. The summed E-state index contributed by atoms with van der Waals surface area (Å²) < 4.78 is 0. The van der Waals surface area contributed by atoms with Crippen molar-refractivity contribution in [3.8, 4) is 0 Å². The molecular weight excluding hydrogens is 208 g/mol. The highest BCUT2D eigenvalue weighted by Gasteiger charge is 2.40. The largest absolute Gasteiger partial charge is 0.316 e. The minimum atomic E-state index is 0.603. The molecule has 2 rings (SSSR count). The van der Waals surface area contributed by atoms with Gasteiger partial charge >= 0.3 is 0 Å². The second kappa shape index (κ2) is 8.10. The molecule has 1 saturated heterocycles. The van der Waals surface area contributed by atoms with Crippen molar-refractivity contribution >= 4 is 0 Å². The SMILES string of the molecule is CC1CCNC1.CCCCC1(NCCC)CC1. The number of rotatable bonds is 6. The average molecular weight is 240 g/mol. The minimum Gasteiger partial charge on any atom is -0.316 e. The quantitative estimate of drug-likeness (QED) is 0.744. The van der Waals surface area contributed by atoms with Crippen LogP contribution in [0.1, 0.15) is 65.7 Å². The molecule has 0 aromatic rings. The first-order chi connectivity index (χ1) is 8.22. The molecule has 17 heavy (non-hydrogen) atoms. The van der Waals surface area contributed by atoms with Crippen LogP contribution in [0, 0.1) is 5.92 Å². The fourth-order valence-electron chi connectivity index (χ4n) is 2.37. The first kappa shape index (κ1) is 15.0. The molecule has 0 bridgehead atoms. The van der Waals surface area contributed by atoms with E-state index in [2.05, 4.69) is 31.4 Å². The first-order valence-corrected chi connectivity index (χ1v) is 7.68. The molecular formula is C15H32N2. The van der Waals surface area contributed by atoms with E-state index in [1.54, 1.807) is 0 Å². The van der Waals surface area contributed by atoms with Crippen molar-refractivity contribution in [3.05, 3.63) is 0 Å². The normalized spacial score (nSPS) is 25.2. The van der Waals surface area contributed by atoms with Crippen molar-refractivity contribution in [3.63, 3.8) is 0 Å². The van der Waals surface area contributed by atoms with Gasteiger partial charge in [0.2, 0.25) is 0 Å². The zero-order valence-electron chi connectivity index (χ0n) is 12.1. The molecule has 1 atom stereocenters. The Morgan fingerprint density at radius 1 is 1.24 bits per heavy atom. The summed E-state index contributed by atoms with van der Waals surface area (Å²) in [5.41, 5.74) is 0.603. The summed E-state index contributed by atoms with van der Waals surface area (Å²) in [5.74, 6) is 0.935. The summed E-state index contributed by atoms with van der Waals surface area (Å²) >= 11 is 0. The fraction of sp³-hybridized carbons (Fsp3) is 1.00. The predicted molar refractivity (Wildman–Crippen MR) is 76.4 cm³/mol. The molecule has 0 spiro atoms. The van der Waals surface area contributed by atoms with Gasteiger partial charge in [-0.1, -0.05) is 33.6 Å². The summed E-state index contributed by atoms with van der Waals surface area (Å²) in [6.07, 6.45) is 9.64. The van der Waals surface area contributed by atoms with Crippen molar-refractivity contribution in [2.75, 3.05) is 19.6 Å². The highest BCUT2D eigenvalue weighted by Crippen LogP contribution is 2.39. The first-order valence-electron chi connectivity index (χ1n) is 7.68. The second-order valence-electron chi connectivity index (χ2n) is 5.91. The molecule has 1 heterocycles. The monoisotopic (exact) mass is 240 g/mol. The molecule has 0 amide bonds. The molecule has 1 aliphatic carbocycles. The van der Waals surface area contributed by atoms with E-state index in [-0.39, 0.29) is 0 Å². The lowest BCUT2D eigenvalue weighted by Gasteiger charge is -2.15. The second-order valence-corrected chi connectivity index (χ2v) is 5.91. The molecule has 2 fully saturated rings. The molecule has 102 valence electrons. The highest BCUT2D eigenvalue weighted by atomic mass is 15.0. The van der Waals surface area contributed by atoms with Crippen molar-refractivity contribution in [1.29, 1.82) is 0 Å². The molecule has 2 nitrogen and oxygen atoms in total. The van der Waals surface area contributed by atoms with E-state index in [4.69, 9.17) is 0 Å². The molecule has 2 aliphatic rings. The van der Waals surface area contributed by atoms with E-state index < -0.39 is 0 Å². The van der Waals surface area contributed by atoms with Crippen LogP contribution in [0.4, 0.5) is 0 Å². The lowest BCUT2D eigenvalue weighted by atomic mass is 10.1. The maximum atomic E-state index is 3.65. The van der Waals surface area contributed by atoms with Crippen LogP contribution in [0.25, 0.3) is 0 Å². The average Bonchev–Trinajstić information content (AvgIpc) is 2.96. The summed E-state index contributed by atoms with van der Waals surface area (Å²) in [6, 6.07) is 0. The number of hydrogen-bond acceptors (Lipinski definition) is 2. The van der Waals surface area contributed by atoms with Crippen LogP contribution in [0.3, 0.4) is 0 Å². The maximum absolute atomic E-state index is 3.65. The van der Waals surface area contributed by atoms with E-state index in [9.17, 15) is 0 Å². The van der Waals surface area contributed by atoms with Gasteiger partial charge < -0.3 is 10.6 Å². The lowest BCUT2D eigenvalue weighted by Crippen LogP contribution is -2.31. The standard InChI is InChI=1S/C10H21N.C5H11N/c1-3-5-6-10(7-8-10)11-9-4-2;1-5-2-3-6-4-5/h11H,3-9H2,1-2H3;5-6H,2-4H2,1H3. The van der Waals surface area contributed by atoms with Crippen LogP contribution in [0.15, 0.2) is 0 Å². The van der Waals surface area contributed by atoms with E-state index in [0.29, 0.717) is 5.54 Å². The lowest BCUT2D eigenvalue weighted by molar-refractivity contribution is 0.449. The molecule has 1 aliphatic heterocycles. The Morgan fingerprint density at radius 3 is 2.35 bits per heavy atom. The Kier molecular flexibility index (Phi) is 7.14. The summed E-state index contributed by atoms with van der Waals surface area (Å²) in [4.78, 5) is 0. The Morgan fingerprint density at radius 2 is 2.00 bits per heavy atom. The molecule has 0 radical (unpaired) electrons. The van der Waals surface area contributed by atoms with E-state index in [0.717, 1.165) is 5.92 Å². The van der Waals surface area contributed by atoms with Crippen molar-refractivity contribution in [1.82, 2.24) is 10.6 Å². The Hall–Kier alpha value is -0.0800. The Labute approximate surface area is 108 Å². The van der Waals surface area contributed by atoms with Crippen LogP contribution < -0.4 is 10.6 Å². The number of nitrogens with one attached hydrogen (secondary N) is 2. The third-order valence-corrected chi connectivity index (χ3v) is 3.92. The van der Waals surface area contributed by atoms with E-state index >= 15 is 0 Å². The van der Waals surface area contributed by atoms with Crippen LogP contribution >= 0.6 is 0 Å². The van der Waals surface area contributed by atoms with Gasteiger partial charge in [-0.3, -0.25) is 0 Å². The van der Waals surface area contributed by atoms with Gasteiger partial charge in [-0.15, -0.1) is 0 Å². The zero-order chi connectivity index (χ0) is 12.6. The van der Waals surface area contributed by atoms with Gasteiger partial charge in [0.15, 0.2) is 0 Å². The zero-order valence-corrected chi connectivity index (χ0v) is 12.1. The third kappa shape index (κ3) is 6.42. The summed E-state index contributed by atoms with van der Waals surface area (Å²) in [6.45, 7) is 10.5. The highest BCUT2D eigenvalue weighted by molar-refractivity contribution is 5.01. The van der Waals surface area contributed by atoms with Crippen LogP contribution in [0.5, 0.6) is 0 Å². The van der Waals surface area contributed by atoms with Crippen molar-refractivity contribution < 1.29 is 0 Å². The van der Waals surface area contributed by atoms with Crippen LogP contribution in [-0.4, -0.2) is 25.2 Å². The van der Waals surface area contributed by atoms with Crippen molar-refractivity contribution in [2.45, 2.75) is 71.3 Å². The van der Waals surface area contributed by atoms with Crippen LogP contribution in [-0.2, 0) is 0 Å². The van der Waals surface area contributed by atoms with E-state index in [1.807, 2.05) is 0 Å². The third-order valence-electron chi connectivity index (χ3n) is 3.92. The predicted octanol–water partition coefficient (Wildman–Crippen LogP) is 3.32. The number of hydrogen-bond donors (Lipinski definition) is 2. The molecule has 2 N–H and O–H groups in total. The Balaban J connectivity index is 0.000000202. The van der Waals surface area contributed by atoms with Gasteiger partial charge in [-0.05, 0) is 57.7 Å². The van der Waals surface area contributed by atoms with Gasteiger partial charge in [-0.2, -0.15) is 0 Å². The van der Waals surface area contributed by atoms with Crippen molar-refractivity contribution in [2.24, 2.45) is 5.92 Å². The minimum absolute atomic E-state index is 0.603. The van der Waals surface area contributed by atoms with E-state index in [1.165, 1.54) is 64.6 Å². The Bertz CT molecular complexity index is 171. The summed E-state index contributed by atoms with van der Waals surface area (Å²) in [7, 11) is 0. The van der Waals surface area contributed by atoms with Crippen LogP contribution in [0.2, 0.25) is 0 Å². The smallest absolute Gasteiger partial charge is 0.0182 e. The molecule has 2 heteroatoms. The maximum Gasteiger partial charge on any atom is 0.0182 e. The topological polar surface area (TPSA) is 24.1 Å². The van der Waals surface area contributed by atoms with Gasteiger partial charge in [0.1, 0.15) is 0 Å². The number of unbranched alkanes of at least 4 members (excludes halogenated alkanes) is 1. The van der Waals surface area contributed by atoms with Gasteiger partial charge in [0.25, 0.3) is 0 Å². The van der Waals surface area contributed by atoms with Gasteiger partial charge in [0.05, 0.1) is 0 Å². The molecule has 1 saturated carbocycles. The van der Waals surface area contributed by atoms with Gasteiger partial charge in [-0.25, -0.2) is 0 Å². The fourth-order valence-corrected chi connectivity index (χ4v) is 2.37.